The van der Waals surface area contributed by atoms with Crippen molar-refractivity contribution in [2.24, 2.45) is 0 Å². The van der Waals surface area contributed by atoms with Crippen LogP contribution in [0.1, 0.15) is 11.7 Å². The van der Waals surface area contributed by atoms with Crippen LogP contribution in [0.25, 0.3) is 5.69 Å². The molecule has 1 aromatic heterocycles. The number of para-hydroxylation sites is 1. The van der Waals surface area contributed by atoms with E-state index in [2.05, 4.69) is 0 Å². The minimum Gasteiger partial charge on any atom is -0.284 e. The summed E-state index contributed by atoms with van der Waals surface area (Å²) in [5.41, 5.74) is -0.746. The lowest BCUT2D eigenvalue weighted by molar-refractivity contribution is -0.182. The first-order valence-electron chi connectivity index (χ1n) is 5.38. The number of aromatic nitrogens is 1. The molecule has 1 aromatic carbocycles. The molecule has 6 heteroatoms. The molecule has 2 rings (SSSR count). The maximum absolute atomic E-state index is 13.2. The van der Waals surface area contributed by atoms with Gasteiger partial charge in [0.05, 0.1) is 0 Å². The molecule has 0 amide bonds. The van der Waals surface area contributed by atoms with Crippen molar-refractivity contribution in [3.05, 3.63) is 64.6 Å². The molecule has 0 aliphatic carbocycles. The van der Waals surface area contributed by atoms with Crippen LogP contribution in [0.2, 0.25) is 0 Å². The summed E-state index contributed by atoms with van der Waals surface area (Å²) in [7, 11) is 0. The van der Waals surface area contributed by atoms with Crippen molar-refractivity contribution in [3.63, 3.8) is 0 Å². The number of hydrogen-bond donors (Lipinski definition) is 0. The van der Waals surface area contributed by atoms with Crippen molar-refractivity contribution in [2.75, 3.05) is 0 Å². The van der Waals surface area contributed by atoms with Crippen molar-refractivity contribution < 1.29 is 17.6 Å². The van der Waals surface area contributed by atoms with E-state index in [9.17, 15) is 22.4 Å². The number of benzene rings is 1. The van der Waals surface area contributed by atoms with E-state index in [1.165, 1.54) is 0 Å². The minimum absolute atomic E-state index is 0.378. The average molecular weight is 271 g/mol. The van der Waals surface area contributed by atoms with Gasteiger partial charge < -0.3 is 0 Å². The number of alkyl halides is 4. The van der Waals surface area contributed by atoms with Gasteiger partial charge in [0.1, 0.15) is 0 Å². The standard InChI is InChI=1S/C13H9F4NO/c14-12(13(15,16)17)9-6-7-11(19)18(8-9)10-4-2-1-3-5-10/h1-8,12H. The van der Waals surface area contributed by atoms with E-state index >= 15 is 0 Å². The van der Waals surface area contributed by atoms with E-state index in [0.717, 1.165) is 22.9 Å². The first-order chi connectivity index (χ1) is 8.89. The Bertz CT molecular complexity index is 619. The van der Waals surface area contributed by atoms with Crippen LogP contribution in [0, 0.1) is 0 Å². The number of hydrogen-bond acceptors (Lipinski definition) is 1. The van der Waals surface area contributed by atoms with Crippen molar-refractivity contribution in [1.82, 2.24) is 4.57 Å². The van der Waals surface area contributed by atoms with E-state index in [1.807, 2.05) is 0 Å². The Morgan fingerprint density at radius 2 is 1.63 bits per heavy atom. The zero-order valence-electron chi connectivity index (χ0n) is 9.56. The predicted molar refractivity (Wildman–Crippen MR) is 61.9 cm³/mol. The van der Waals surface area contributed by atoms with Gasteiger partial charge in [-0.25, -0.2) is 4.39 Å². The molecule has 0 bridgehead atoms. The molecular formula is C13H9F4NO. The summed E-state index contributed by atoms with van der Waals surface area (Å²) >= 11 is 0. The van der Waals surface area contributed by atoms with E-state index in [0.29, 0.717) is 5.69 Å². The van der Waals surface area contributed by atoms with Crippen molar-refractivity contribution in [1.29, 1.82) is 0 Å². The van der Waals surface area contributed by atoms with Crippen LogP contribution in [0.5, 0.6) is 0 Å². The number of nitrogens with zero attached hydrogens (tertiary/aromatic N) is 1. The minimum atomic E-state index is -4.99. The smallest absolute Gasteiger partial charge is 0.284 e. The molecule has 1 atom stereocenters. The number of pyridine rings is 1. The van der Waals surface area contributed by atoms with Crippen LogP contribution < -0.4 is 5.56 Å². The van der Waals surface area contributed by atoms with Gasteiger partial charge in [0, 0.05) is 23.5 Å². The topological polar surface area (TPSA) is 22.0 Å². The van der Waals surface area contributed by atoms with Crippen LogP contribution >= 0.6 is 0 Å². The van der Waals surface area contributed by atoms with Crippen LogP contribution in [0.4, 0.5) is 17.6 Å². The molecule has 0 saturated carbocycles. The first kappa shape index (κ1) is 13.3. The highest BCUT2D eigenvalue weighted by atomic mass is 19.4. The van der Waals surface area contributed by atoms with Gasteiger partial charge >= 0.3 is 6.18 Å². The van der Waals surface area contributed by atoms with Gasteiger partial charge in [-0.3, -0.25) is 9.36 Å². The number of halogens is 4. The van der Waals surface area contributed by atoms with Gasteiger partial charge in [-0.05, 0) is 18.2 Å². The summed E-state index contributed by atoms with van der Waals surface area (Å²) in [6, 6.07) is 9.82. The fourth-order valence-corrected chi connectivity index (χ4v) is 1.63. The zero-order chi connectivity index (χ0) is 14.0. The lowest BCUT2D eigenvalue weighted by atomic mass is 10.1. The fourth-order valence-electron chi connectivity index (χ4n) is 1.63. The third-order valence-corrected chi connectivity index (χ3v) is 2.55. The van der Waals surface area contributed by atoms with Gasteiger partial charge in [0.15, 0.2) is 0 Å². The second-order valence-electron chi connectivity index (χ2n) is 3.91. The van der Waals surface area contributed by atoms with E-state index in [1.54, 1.807) is 30.3 Å². The van der Waals surface area contributed by atoms with Gasteiger partial charge in [-0.1, -0.05) is 18.2 Å². The summed E-state index contributed by atoms with van der Waals surface area (Å²) in [5.74, 6) is 0. The maximum Gasteiger partial charge on any atom is 0.423 e. The number of rotatable bonds is 2. The van der Waals surface area contributed by atoms with Crippen LogP contribution in [0.3, 0.4) is 0 Å². The van der Waals surface area contributed by atoms with Crippen molar-refractivity contribution >= 4 is 0 Å². The summed E-state index contributed by atoms with van der Waals surface area (Å²) in [5, 5.41) is 0. The SMILES string of the molecule is O=c1ccc(C(F)C(F)(F)F)cn1-c1ccccc1. The molecule has 2 nitrogen and oxygen atoms in total. The Kier molecular flexibility index (Phi) is 3.42. The van der Waals surface area contributed by atoms with Crippen LogP contribution in [-0.2, 0) is 0 Å². The molecular weight excluding hydrogens is 262 g/mol. The molecule has 2 aromatic rings. The van der Waals surface area contributed by atoms with Gasteiger partial charge in [-0.15, -0.1) is 0 Å². The molecule has 0 fully saturated rings. The average Bonchev–Trinajstić information content (AvgIpc) is 2.38. The normalized spacial score (nSPS) is 13.3. The van der Waals surface area contributed by atoms with Gasteiger partial charge in [0.25, 0.3) is 5.56 Å². The third-order valence-electron chi connectivity index (χ3n) is 2.55. The highest BCUT2D eigenvalue weighted by Gasteiger charge is 2.41. The van der Waals surface area contributed by atoms with Crippen LogP contribution in [0.15, 0.2) is 53.5 Å². The Morgan fingerprint density at radius 1 is 1.00 bits per heavy atom. The molecule has 100 valence electrons. The zero-order valence-corrected chi connectivity index (χ0v) is 9.56. The molecule has 0 aliphatic heterocycles. The Labute approximate surface area is 105 Å². The third kappa shape index (κ3) is 2.83. The lowest BCUT2D eigenvalue weighted by Gasteiger charge is -2.14. The lowest BCUT2D eigenvalue weighted by Crippen LogP contribution is -2.21. The summed E-state index contributed by atoms with van der Waals surface area (Å²) in [6.07, 6.45) is -7.22. The van der Waals surface area contributed by atoms with Gasteiger partial charge in [-0.2, -0.15) is 13.2 Å². The molecule has 0 spiro atoms. The largest absolute Gasteiger partial charge is 0.423 e. The molecule has 19 heavy (non-hydrogen) atoms. The summed E-state index contributed by atoms with van der Waals surface area (Å²) in [4.78, 5) is 11.6. The second kappa shape index (κ2) is 4.87. The summed E-state index contributed by atoms with van der Waals surface area (Å²) < 4.78 is 51.1. The molecule has 0 radical (unpaired) electrons. The highest BCUT2D eigenvalue weighted by molar-refractivity contribution is 5.33. The molecule has 0 aliphatic rings. The Hall–Kier alpha value is -2.11. The van der Waals surface area contributed by atoms with Crippen LogP contribution in [-0.4, -0.2) is 10.7 Å². The van der Waals surface area contributed by atoms with Crippen molar-refractivity contribution in [2.45, 2.75) is 12.3 Å². The van der Waals surface area contributed by atoms with E-state index < -0.39 is 23.5 Å². The highest BCUT2D eigenvalue weighted by Crippen LogP contribution is 2.35. The molecule has 0 N–H and O–H groups in total. The summed E-state index contributed by atoms with van der Waals surface area (Å²) in [6.45, 7) is 0. The first-order valence-corrected chi connectivity index (χ1v) is 5.38. The Morgan fingerprint density at radius 3 is 2.21 bits per heavy atom. The monoisotopic (exact) mass is 271 g/mol. The van der Waals surface area contributed by atoms with Gasteiger partial charge in [0.2, 0.25) is 6.17 Å². The Balaban J connectivity index is 2.50. The second-order valence-corrected chi connectivity index (χ2v) is 3.91. The fraction of sp³-hybridized carbons (Fsp3) is 0.154. The molecule has 1 heterocycles. The quantitative estimate of drug-likeness (QED) is 0.767. The maximum atomic E-state index is 13.2. The van der Waals surface area contributed by atoms with E-state index in [-0.39, 0.29) is 0 Å². The predicted octanol–water partition coefficient (Wildman–Crippen LogP) is 3.41. The van der Waals surface area contributed by atoms with Crippen molar-refractivity contribution in [3.8, 4) is 5.69 Å². The molecule has 1 unspecified atom stereocenters. The molecule has 0 saturated heterocycles. The van der Waals surface area contributed by atoms with E-state index in [4.69, 9.17) is 0 Å².